The molecule has 0 aliphatic heterocycles. The van der Waals surface area contributed by atoms with Gasteiger partial charge in [0.05, 0.1) is 13.7 Å². The summed E-state index contributed by atoms with van der Waals surface area (Å²) in [5.41, 5.74) is 6.11. The number of aromatic nitrogens is 2. The highest BCUT2D eigenvalue weighted by molar-refractivity contribution is 7.71. The van der Waals surface area contributed by atoms with Crippen LogP contribution in [0.3, 0.4) is 0 Å². The molecule has 0 fully saturated rings. The average Bonchev–Trinajstić information content (AvgIpc) is 3.17. The van der Waals surface area contributed by atoms with Crippen LogP contribution in [0.4, 0.5) is 0 Å². The molecule has 1 heterocycles. The van der Waals surface area contributed by atoms with Gasteiger partial charge in [0, 0.05) is 17.4 Å². The van der Waals surface area contributed by atoms with E-state index in [1.807, 2.05) is 37.3 Å². The number of nitrogens with zero attached hydrogens (tertiary/aromatic N) is 1. The predicted octanol–water partition coefficient (Wildman–Crippen LogP) is 3.41. The molecule has 1 aromatic heterocycles. The highest BCUT2D eigenvalue weighted by atomic mass is 32.1. The zero-order valence-corrected chi connectivity index (χ0v) is 17.4. The lowest BCUT2D eigenvalue weighted by Gasteiger charge is -2.12. The Labute approximate surface area is 178 Å². The largest absolute Gasteiger partial charge is 0.493 e. The first-order valence-electron chi connectivity index (χ1n) is 9.32. The first-order valence-corrected chi connectivity index (χ1v) is 9.73. The van der Waals surface area contributed by atoms with Gasteiger partial charge in [0.1, 0.15) is 5.69 Å². The maximum absolute atomic E-state index is 12.6. The number of imidazole rings is 1. The maximum atomic E-state index is 12.6. The van der Waals surface area contributed by atoms with Crippen LogP contribution in [-0.4, -0.2) is 35.1 Å². The van der Waals surface area contributed by atoms with Gasteiger partial charge in [-0.3, -0.25) is 25.0 Å². The van der Waals surface area contributed by atoms with Crippen LogP contribution in [0.2, 0.25) is 0 Å². The van der Waals surface area contributed by atoms with E-state index in [4.69, 9.17) is 21.7 Å². The number of para-hydroxylation sites is 1. The molecule has 9 heteroatoms. The number of methoxy groups -OCH3 is 1. The van der Waals surface area contributed by atoms with Crippen LogP contribution in [0, 0.1) is 4.77 Å². The predicted molar refractivity (Wildman–Crippen MR) is 115 cm³/mol. The molecule has 0 unspecified atom stereocenters. The quantitative estimate of drug-likeness (QED) is 0.397. The number of hydrogen-bond donors (Lipinski definition) is 3. The second kappa shape index (κ2) is 9.75. The van der Waals surface area contributed by atoms with Gasteiger partial charge in [-0.05, 0) is 49.0 Å². The number of benzene rings is 2. The number of ether oxygens (including phenoxy) is 2. The average molecular weight is 426 g/mol. The van der Waals surface area contributed by atoms with Crippen LogP contribution in [-0.2, 0) is 0 Å². The summed E-state index contributed by atoms with van der Waals surface area (Å²) < 4.78 is 12.8. The minimum atomic E-state index is -0.519. The van der Waals surface area contributed by atoms with Gasteiger partial charge in [-0.1, -0.05) is 25.1 Å². The Bertz CT molecular complexity index is 1090. The van der Waals surface area contributed by atoms with Crippen LogP contribution in [0.25, 0.3) is 5.69 Å². The third-order valence-electron chi connectivity index (χ3n) is 4.20. The summed E-state index contributed by atoms with van der Waals surface area (Å²) in [5, 5.41) is 0. The molecular weight excluding hydrogens is 404 g/mol. The number of amides is 2. The van der Waals surface area contributed by atoms with Crippen LogP contribution < -0.4 is 20.3 Å². The van der Waals surface area contributed by atoms with Gasteiger partial charge in [-0.15, -0.1) is 0 Å². The normalized spacial score (nSPS) is 10.3. The van der Waals surface area contributed by atoms with E-state index in [1.165, 1.54) is 13.3 Å². The second-order valence-corrected chi connectivity index (χ2v) is 6.66. The number of rotatable bonds is 7. The molecule has 0 aliphatic carbocycles. The van der Waals surface area contributed by atoms with Crippen molar-refractivity contribution in [2.75, 3.05) is 13.7 Å². The van der Waals surface area contributed by atoms with Crippen molar-refractivity contribution < 1.29 is 19.1 Å². The summed E-state index contributed by atoms with van der Waals surface area (Å²) in [6.07, 6.45) is 2.34. The van der Waals surface area contributed by atoms with Crippen molar-refractivity contribution in [1.29, 1.82) is 0 Å². The third kappa shape index (κ3) is 4.69. The van der Waals surface area contributed by atoms with Crippen molar-refractivity contribution in [3.05, 3.63) is 70.8 Å². The fraction of sp³-hybridized carbons (Fsp3) is 0.190. The molecule has 2 aromatic carbocycles. The van der Waals surface area contributed by atoms with E-state index in [0.717, 1.165) is 12.1 Å². The number of carbonyl (C=O) groups excluding carboxylic acids is 2. The van der Waals surface area contributed by atoms with Crippen LogP contribution in [0.5, 0.6) is 11.5 Å². The van der Waals surface area contributed by atoms with Crippen molar-refractivity contribution in [2.24, 2.45) is 0 Å². The minimum absolute atomic E-state index is 0.257. The molecule has 0 radical (unpaired) electrons. The summed E-state index contributed by atoms with van der Waals surface area (Å²) in [6, 6.07) is 14.0. The fourth-order valence-corrected chi connectivity index (χ4v) is 3.02. The Morgan fingerprint density at radius 2 is 1.80 bits per heavy atom. The molecule has 2 amide bonds. The summed E-state index contributed by atoms with van der Waals surface area (Å²) in [7, 11) is 1.50. The molecule has 8 nitrogen and oxygen atoms in total. The molecule has 0 bridgehead atoms. The minimum Gasteiger partial charge on any atom is -0.493 e. The van der Waals surface area contributed by atoms with Crippen molar-refractivity contribution in [3.63, 3.8) is 0 Å². The lowest BCUT2D eigenvalue weighted by atomic mass is 10.2. The Morgan fingerprint density at radius 3 is 2.50 bits per heavy atom. The van der Waals surface area contributed by atoms with Gasteiger partial charge in [0.2, 0.25) is 0 Å². The highest BCUT2D eigenvalue weighted by Gasteiger charge is 2.16. The standard InChI is InChI=1S/C21H22N4O4S/c1-3-11-29-17-10-9-14(12-18(17)28-2)19(26)23-24-20(27)16-13-22-21(30)25(16)15-7-5-4-6-8-15/h4-10,12-13H,3,11H2,1-2H3,(H,22,30)(H,23,26)(H,24,27). The monoisotopic (exact) mass is 426 g/mol. The van der Waals surface area contributed by atoms with E-state index in [2.05, 4.69) is 15.8 Å². The van der Waals surface area contributed by atoms with Crippen LogP contribution >= 0.6 is 12.2 Å². The van der Waals surface area contributed by atoms with Gasteiger partial charge in [0.25, 0.3) is 11.8 Å². The van der Waals surface area contributed by atoms with Gasteiger partial charge < -0.3 is 14.5 Å². The number of nitrogens with one attached hydrogen (secondary N) is 3. The smallest absolute Gasteiger partial charge is 0.288 e. The third-order valence-corrected chi connectivity index (χ3v) is 4.50. The number of hydrazine groups is 1. The van der Waals surface area contributed by atoms with Crippen molar-refractivity contribution in [1.82, 2.24) is 20.4 Å². The molecular formula is C21H22N4O4S. The second-order valence-electron chi connectivity index (χ2n) is 6.27. The molecule has 156 valence electrons. The van der Waals surface area contributed by atoms with Gasteiger partial charge in [0.15, 0.2) is 16.3 Å². The summed E-state index contributed by atoms with van der Waals surface area (Å²) in [5.74, 6) is -0.0293. The molecule has 3 N–H and O–H groups in total. The first kappa shape index (κ1) is 21.1. The van der Waals surface area contributed by atoms with Gasteiger partial charge >= 0.3 is 0 Å². The zero-order valence-electron chi connectivity index (χ0n) is 16.6. The maximum Gasteiger partial charge on any atom is 0.288 e. The Kier molecular flexibility index (Phi) is 6.87. The highest BCUT2D eigenvalue weighted by Crippen LogP contribution is 2.28. The van der Waals surface area contributed by atoms with E-state index in [1.54, 1.807) is 22.8 Å². The molecule has 3 rings (SSSR count). The molecule has 3 aromatic rings. The lowest BCUT2D eigenvalue weighted by Crippen LogP contribution is -2.42. The van der Waals surface area contributed by atoms with E-state index >= 15 is 0 Å². The summed E-state index contributed by atoms with van der Waals surface area (Å²) in [4.78, 5) is 28.0. The summed E-state index contributed by atoms with van der Waals surface area (Å²) in [6.45, 7) is 2.54. The first-order chi connectivity index (χ1) is 14.5. The Balaban J connectivity index is 1.71. The number of carbonyl (C=O) groups is 2. The fourth-order valence-electron chi connectivity index (χ4n) is 2.76. The molecule has 0 spiro atoms. The molecule has 0 saturated carbocycles. The van der Waals surface area contributed by atoms with Crippen molar-refractivity contribution in [2.45, 2.75) is 13.3 Å². The molecule has 0 saturated heterocycles. The van der Waals surface area contributed by atoms with Crippen LogP contribution in [0.15, 0.2) is 54.7 Å². The molecule has 0 atom stereocenters. The Morgan fingerprint density at radius 1 is 1.07 bits per heavy atom. The number of H-pyrrole nitrogens is 1. The molecule has 0 aliphatic rings. The number of hydrogen-bond acceptors (Lipinski definition) is 5. The SMILES string of the molecule is CCCOc1ccc(C(=O)NNC(=O)c2c[nH]c(=S)n2-c2ccccc2)cc1OC. The Hall–Kier alpha value is -3.59. The number of aromatic amines is 1. The van der Waals surface area contributed by atoms with Crippen molar-refractivity contribution >= 4 is 24.0 Å². The van der Waals surface area contributed by atoms with Gasteiger partial charge in [-0.25, -0.2) is 0 Å². The summed E-state index contributed by atoms with van der Waals surface area (Å²) >= 11 is 5.27. The van der Waals surface area contributed by atoms with E-state index < -0.39 is 11.8 Å². The topological polar surface area (TPSA) is 97.4 Å². The zero-order chi connectivity index (χ0) is 21.5. The van der Waals surface area contributed by atoms with E-state index in [-0.39, 0.29) is 5.69 Å². The lowest BCUT2D eigenvalue weighted by molar-refractivity contribution is 0.0842. The van der Waals surface area contributed by atoms with E-state index in [9.17, 15) is 9.59 Å². The molecule has 30 heavy (non-hydrogen) atoms. The van der Waals surface area contributed by atoms with Crippen LogP contribution in [0.1, 0.15) is 34.2 Å². The van der Waals surface area contributed by atoms with Gasteiger partial charge in [-0.2, -0.15) is 0 Å². The van der Waals surface area contributed by atoms with Crippen molar-refractivity contribution in [3.8, 4) is 17.2 Å². The van der Waals surface area contributed by atoms with E-state index in [0.29, 0.717) is 28.4 Å².